The van der Waals surface area contributed by atoms with Gasteiger partial charge >= 0.3 is 0 Å². The third-order valence-corrected chi connectivity index (χ3v) is 11.7. The molecule has 3 aromatic carbocycles. The molecule has 0 amide bonds. The zero-order valence-corrected chi connectivity index (χ0v) is 31.3. The normalized spacial score (nSPS) is 18.0. The Labute approximate surface area is 291 Å². The summed E-state index contributed by atoms with van der Waals surface area (Å²) in [5, 5.41) is 0. The summed E-state index contributed by atoms with van der Waals surface area (Å²) in [7, 11) is 0. The fourth-order valence-electron chi connectivity index (χ4n) is 7.13. The first-order chi connectivity index (χ1) is 22.7. The first-order valence-electron chi connectivity index (χ1n) is 17.0. The van der Waals surface area contributed by atoms with E-state index >= 15 is 35.1 Å². The van der Waals surface area contributed by atoms with Crippen LogP contribution >= 0.6 is 0 Å². The summed E-state index contributed by atoms with van der Waals surface area (Å²) in [5.41, 5.74) is -7.06. The minimum absolute atomic E-state index is 0.0491. The molecule has 8 heteroatoms. The van der Waals surface area contributed by atoms with E-state index in [0.717, 1.165) is 12.0 Å². The van der Waals surface area contributed by atoms with E-state index in [-0.39, 0.29) is 22.5 Å². The predicted molar refractivity (Wildman–Crippen MR) is 186 cm³/mol. The van der Waals surface area contributed by atoms with E-state index < -0.39 is 90.5 Å². The third kappa shape index (κ3) is 5.92. The van der Waals surface area contributed by atoms with E-state index in [1.807, 2.05) is 41.5 Å². The Morgan fingerprint density at radius 3 is 1.40 bits per heavy atom. The van der Waals surface area contributed by atoms with Gasteiger partial charge in [-0.05, 0) is 45.3 Å². The second-order valence-corrected chi connectivity index (χ2v) is 17.1. The molecule has 0 fully saturated rings. The number of benzene rings is 3. The lowest BCUT2D eigenvalue weighted by atomic mass is 9.60. The molecular formula is C42H48F8. The number of allylic oxidation sites excluding steroid dienone is 4. The Morgan fingerprint density at radius 1 is 0.580 bits per heavy atom. The molecule has 4 rings (SSSR count). The fraction of sp³-hybridized carbons (Fsp3) is 0.476. The van der Waals surface area contributed by atoms with Crippen molar-refractivity contribution in [3.8, 4) is 11.1 Å². The SMILES string of the molecule is CC[C@H](C)C1=CC(c2c(F)c(F)c(C(C)(C)C(C)(C)c3ccc(-c4c(F)c(F)c(C(C)(C)C)c(F)c4F)cc3)c(F)c2F)=CC1(C)C(C)(C)C. The van der Waals surface area contributed by atoms with E-state index in [2.05, 4.69) is 0 Å². The van der Waals surface area contributed by atoms with Crippen LogP contribution < -0.4 is 0 Å². The van der Waals surface area contributed by atoms with Gasteiger partial charge < -0.3 is 0 Å². The third-order valence-electron chi connectivity index (χ3n) is 11.7. The van der Waals surface area contributed by atoms with E-state index in [0.29, 0.717) is 5.56 Å². The van der Waals surface area contributed by atoms with Crippen LogP contribution in [0.15, 0.2) is 42.0 Å². The van der Waals surface area contributed by atoms with Crippen LogP contribution in [0.3, 0.4) is 0 Å². The molecule has 3 aromatic rings. The van der Waals surface area contributed by atoms with Crippen LogP contribution in [-0.2, 0) is 16.2 Å². The van der Waals surface area contributed by atoms with E-state index in [1.54, 1.807) is 26.0 Å². The smallest absolute Gasteiger partial charge is 0.170 e. The summed E-state index contributed by atoms with van der Waals surface area (Å²) < 4.78 is 125. The van der Waals surface area contributed by atoms with Gasteiger partial charge in [-0.3, -0.25) is 0 Å². The highest BCUT2D eigenvalue weighted by Gasteiger charge is 2.48. The molecule has 1 aliphatic carbocycles. The summed E-state index contributed by atoms with van der Waals surface area (Å²) in [4.78, 5) is 0. The van der Waals surface area contributed by atoms with Crippen molar-refractivity contribution >= 4 is 5.57 Å². The first-order valence-corrected chi connectivity index (χ1v) is 17.0. The molecule has 50 heavy (non-hydrogen) atoms. The Morgan fingerprint density at radius 2 is 1.00 bits per heavy atom. The van der Waals surface area contributed by atoms with Crippen LogP contribution in [0.2, 0.25) is 0 Å². The molecule has 0 N–H and O–H groups in total. The van der Waals surface area contributed by atoms with Crippen molar-refractivity contribution in [2.45, 2.75) is 113 Å². The summed E-state index contributed by atoms with van der Waals surface area (Å²) in [5.74, 6) is -12.1. The maximum atomic E-state index is 16.2. The molecule has 272 valence electrons. The Hall–Kier alpha value is -3.42. The topological polar surface area (TPSA) is 0 Å². The highest BCUT2D eigenvalue weighted by Crippen LogP contribution is 2.55. The molecule has 1 unspecified atom stereocenters. The summed E-state index contributed by atoms with van der Waals surface area (Å²) in [6.07, 6.45) is 4.11. The Balaban J connectivity index is 1.84. The molecule has 2 atom stereocenters. The minimum Gasteiger partial charge on any atom is -0.203 e. The van der Waals surface area contributed by atoms with Crippen LogP contribution in [0, 0.1) is 63.3 Å². The van der Waals surface area contributed by atoms with Gasteiger partial charge in [0, 0.05) is 22.0 Å². The van der Waals surface area contributed by atoms with Crippen molar-refractivity contribution in [3.05, 3.63) is 111 Å². The summed E-state index contributed by atoms with van der Waals surface area (Å²) in [6.45, 7) is 22.4. The summed E-state index contributed by atoms with van der Waals surface area (Å²) in [6, 6.07) is 5.28. The molecule has 0 radical (unpaired) electrons. The van der Waals surface area contributed by atoms with Crippen molar-refractivity contribution in [2.24, 2.45) is 16.7 Å². The van der Waals surface area contributed by atoms with Gasteiger partial charge in [-0.25, -0.2) is 35.1 Å². The largest absolute Gasteiger partial charge is 0.203 e. The molecular weight excluding hydrogens is 656 g/mol. The number of rotatable bonds is 7. The molecule has 0 aliphatic heterocycles. The Kier molecular flexibility index (Phi) is 9.97. The quantitative estimate of drug-likeness (QED) is 0.170. The van der Waals surface area contributed by atoms with Gasteiger partial charge in [-0.2, -0.15) is 0 Å². The minimum atomic E-state index is -1.60. The zero-order valence-electron chi connectivity index (χ0n) is 31.3. The van der Waals surface area contributed by atoms with Crippen LogP contribution in [0.25, 0.3) is 16.7 Å². The molecule has 0 nitrogen and oxygen atoms in total. The van der Waals surface area contributed by atoms with Gasteiger partial charge in [-0.15, -0.1) is 0 Å². The number of halogens is 8. The average Bonchev–Trinajstić information content (AvgIpc) is 3.36. The molecule has 0 heterocycles. The van der Waals surface area contributed by atoms with Crippen molar-refractivity contribution in [1.29, 1.82) is 0 Å². The molecule has 0 bridgehead atoms. The van der Waals surface area contributed by atoms with E-state index in [9.17, 15) is 0 Å². The van der Waals surface area contributed by atoms with Crippen molar-refractivity contribution in [3.63, 3.8) is 0 Å². The van der Waals surface area contributed by atoms with E-state index in [4.69, 9.17) is 0 Å². The monoisotopic (exact) mass is 704 g/mol. The second kappa shape index (κ2) is 12.7. The van der Waals surface area contributed by atoms with Crippen LogP contribution in [-0.4, -0.2) is 0 Å². The van der Waals surface area contributed by atoms with E-state index in [1.165, 1.54) is 58.9 Å². The molecule has 0 spiro atoms. The average molecular weight is 705 g/mol. The van der Waals surface area contributed by atoms with Crippen LogP contribution in [0.4, 0.5) is 35.1 Å². The maximum Gasteiger partial charge on any atom is 0.170 e. The number of hydrogen-bond donors (Lipinski definition) is 0. The van der Waals surface area contributed by atoms with Crippen molar-refractivity contribution in [2.75, 3.05) is 0 Å². The van der Waals surface area contributed by atoms with Gasteiger partial charge in [0.2, 0.25) is 0 Å². The molecule has 1 aliphatic rings. The Bertz CT molecular complexity index is 1840. The maximum absolute atomic E-state index is 16.2. The molecule has 0 aromatic heterocycles. The lowest BCUT2D eigenvalue weighted by Crippen LogP contribution is -2.42. The lowest BCUT2D eigenvalue weighted by molar-refractivity contribution is 0.200. The zero-order chi connectivity index (χ0) is 38.3. The standard InChI is InChI=1S/C42H48F8/c1-14-21(2)25-19-23(20-42(25,13)39(6,7)8)27-32(45)36(49)29(37(50)33(27)46)41(11,12)40(9,10)24-17-15-22(16-18-24)26-30(43)34(47)28(38(3,4)5)35(48)31(26)44/h15-21H,14H2,1-13H3/t21-,42?/m0/s1. The van der Waals surface area contributed by atoms with Gasteiger partial charge in [0.25, 0.3) is 0 Å². The van der Waals surface area contributed by atoms with Crippen LogP contribution in [0.1, 0.15) is 119 Å². The number of hydrogen-bond acceptors (Lipinski definition) is 0. The highest BCUT2D eigenvalue weighted by atomic mass is 19.2. The van der Waals surface area contributed by atoms with Crippen molar-refractivity contribution in [1.82, 2.24) is 0 Å². The first kappa shape index (κ1) is 39.4. The molecule has 0 saturated heterocycles. The van der Waals surface area contributed by atoms with Gasteiger partial charge in [0.05, 0.1) is 11.1 Å². The predicted octanol–water partition coefficient (Wildman–Crippen LogP) is 13.4. The summed E-state index contributed by atoms with van der Waals surface area (Å²) >= 11 is 0. The fourth-order valence-corrected chi connectivity index (χ4v) is 7.13. The van der Waals surface area contributed by atoms with Crippen molar-refractivity contribution < 1.29 is 35.1 Å². The van der Waals surface area contributed by atoms with Gasteiger partial charge in [-0.1, -0.05) is 132 Å². The molecule has 0 saturated carbocycles. The van der Waals surface area contributed by atoms with Gasteiger partial charge in [0.1, 0.15) is 0 Å². The second-order valence-electron chi connectivity index (χ2n) is 17.1. The lowest BCUT2D eigenvalue weighted by Gasteiger charge is -2.43. The van der Waals surface area contributed by atoms with Gasteiger partial charge in [0.15, 0.2) is 46.5 Å². The van der Waals surface area contributed by atoms with Crippen LogP contribution in [0.5, 0.6) is 0 Å². The highest BCUT2D eigenvalue weighted by molar-refractivity contribution is 5.81.